The number of carbonyl (C=O) groups excluding carboxylic acids is 1. The van der Waals surface area contributed by atoms with Gasteiger partial charge >= 0.3 is 0 Å². The first-order valence-corrected chi connectivity index (χ1v) is 6.35. The molecule has 0 aliphatic heterocycles. The Morgan fingerprint density at radius 2 is 2.18 bits per heavy atom. The molecule has 0 heterocycles. The Labute approximate surface area is 110 Å². The molecule has 0 unspecified atom stereocenters. The van der Waals surface area contributed by atoms with E-state index in [2.05, 4.69) is 22.0 Å². The van der Waals surface area contributed by atoms with Crippen molar-refractivity contribution in [1.82, 2.24) is 4.90 Å². The van der Waals surface area contributed by atoms with Crippen LogP contribution in [0.25, 0.3) is 0 Å². The van der Waals surface area contributed by atoms with Gasteiger partial charge in [-0.15, -0.1) is 0 Å². The van der Waals surface area contributed by atoms with Crippen LogP contribution in [0.2, 0.25) is 0 Å². The van der Waals surface area contributed by atoms with Crippen LogP contribution in [0.3, 0.4) is 0 Å². The monoisotopic (exact) mass is 294 g/mol. The molecule has 0 amide bonds. The SMILES string of the molecule is CCN(CCC#N)CC(=O)c1ccccc1Br. The molecule has 0 radical (unpaired) electrons. The molecule has 4 heteroatoms. The smallest absolute Gasteiger partial charge is 0.177 e. The van der Waals surface area contributed by atoms with Crippen LogP contribution >= 0.6 is 15.9 Å². The van der Waals surface area contributed by atoms with Crippen LogP contribution in [0.15, 0.2) is 28.7 Å². The second-order valence-electron chi connectivity index (χ2n) is 3.68. The van der Waals surface area contributed by atoms with Gasteiger partial charge in [0, 0.05) is 23.0 Å². The number of nitrogens with zero attached hydrogens (tertiary/aromatic N) is 2. The molecule has 3 nitrogen and oxygen atoms in total. The minimum atomic E-state index is 0.0808. The number of rotatable bonds is 6. The lowest BCUT2D eigenvalue weighted by Gasteiger charge is -2.18. The molecule has 90 valence electrons. The van der Waals surface area contributed by atoms with Crippen molar-refractivity contribution in [2.45, 2.75) is 13.3 Å². The first-order valence-electron chi connectivity index (χ1n) is 5.56. The van der Waals surface area contributed by atoms with Gasteiger partial charge in [-0.25, -0.2) is 0 Å². The van der Waals surface area contributed by atoms with Gasteiger partial charge < -0.3 is 0 Å². The Balaban J connectivity index is 2.65. The Bertz CT molecular complexity index is 426. The lowest BCUT2D eigenvalue weighted by atomic mass is 10.1. The molecule has 1 rings (SSSR count). The predicted octanol–water partition coefficient (Wildman–Crippen LogP) is 2.87. The first kappa shape index (κ1) is 13.9. The van der Waals surface area contributed by atoms with Gasteiger partial charge in [-0.1, -0.05) is 41.1 Å². The third kappa shape index (κ3) is 4.29. The molecule has 0 aliphatic carbocycles. The number of nitriles is 1. The standard InChI is InChI=1S/C13H15BrN2O/c1-2-16(9-5-8-15)10-13(17)11-6-3-4-7-12(11)14/h3-4,6-7H,2,5,9-10H2,1H3. The molecule has 0 saturated heterocycles. The zero-order chi connectivity index (χ0) is 12.7. The molecule has 17 heavy (non-hydrogen) atoms. The molecule has 0 aromatic heterocycles. The number of hydrogen-bond acceptors (Lipinski definition) is 3. The van der Waals surface area contributed by atoms with Gasteiger partial charge in [0.05, 0.1) is 12.6 Å². The largest absolute Gasteiger partial charge is 0.295 e. The van der Waals surface area contributed by atoms with Crippen molar-refractivity contribution in [1.29, 1.82) is 5.26 Å². The van der Waals surface area contributed by atoms with Crippen molar-refractivity contribution >= 4 is 21.7 Å². The number of likely N-dealkylation sites (N-methyl/N-ethyl adjacent to an activating group) is 1. The first-order chi connectivity index (χ1) is 8.19. The summed E-state index contributed by atoms with van der Waals surface area (Å²) in [6.07, 6.45) is 0.455. The summed E-state index contributed by atoms with van der Waals surface area (Å²) >= 11 is 3.37. The van der Waals surface area contributed by atoms with E-state index >= 15 is 0 Å². The summed E-state index contributed by atoms with van der Waals surface area (Å²) in [4.78, 5) is 14.0. The van der Waals surface area contributed by atoms with Crippen molar-refractivity contribution in [3.8, 4) is 6.07 Å². The third-order valence-corrected chi connectivity index (χ3v) is 3.22. The van der Waals surface area contributed by atoms with Gasteiger partial charge in [0.1, 0.15) is 0 Å². The fraction of sp³-hybridized carbons (Fsp3) is 0.385. The van der Waals surface area contributed by atoms with Crippen LogP contribution in [0.5, 0.6) is 0 Å². The van der Waals surface area contributed by atoms with E-state index in [4.69, 9.17) is 5.26 Å². The maximum atomic E-state index is 12.0. The molecule has 1 aromatic carbocycles. The summed E-state index contributed by atoms with van der Waals surface area (Å²) in [6, 6.07) is 9.50. The summed E-state index contributed by atoms with van der Waals surface area (Å²) in [5, 5.41) is 8.54. The van der Waals surface area contributed by atoms with Crippen LogP contribution < -0.4 is 0 Å². The number of halogens is 1. The van der Waals surface area contributed by atoms with Crippen molar-refractivity contribution in [2.24, 2.45) is 0 Å². The summed E-state index contributed by atoms with van der Waals surface area (Å²) in [5.74, 6) is 0.0808. The average molecular weight is 295 g/mol. The quantitative estimate of drug-likeness (QED) is 0.758. The number of hydrogen-bond donors (Lipinski definition) is 0. The second-order valence-corrected chi connectivity index (χ2v) is 4.53. The molecular weight excluding hydrogens is 280 g/mol. The van der Waals surface area contributed by atoms with Gasteiger partial charge in [0.15, 0.2) is 5.78 Å². The maximum Gasteiger partial charge on any atom is 0.177 e. The zero-order valence-electron chi connectivity index (χ0n) is 9.82. The number of ketones is 1. The summed E-state index contributed by atoms with van der Waals surface area (Å²) in [6.45, 7) is 3.77. The summed E-state index contributed by atoms with van der Waals surface area (Å²) in [5.41, 5.74) is 0.697. The Kier molecular flexibility index (Phi) is 5.88. The minimum absolute atomic E-state index is 0.0808. The number of Topliss-reactive ketones (excluding diaryl/α,β-unsaturated/α-hetero) is 1. The van der Waals surface area contributed by atoms with E-state index in [0.717, 1.165) is 11.0 Å². The third-order valence-electron chi connectivity index (χ3n) is 2.53. The van der Waals surface area contributed by atoms with Crippen LogP contribution in [0.1, 0.15) is 23.7 Å². The van der Waals surface area contributed by atoms with Crippen LogP contribution in [-0.4, -0.2) is 30.3 Å². The van der Waals surface area contributed by atoms with Crippen LogP contribution in [-0.2, 0) is 0 Å². The Morgan fingerprint density at radius 3 is 2.76 bits per heavy atom. The van der Waals surface area contributed by atoms with Crippen molar-refractivity contribution in [3.63, 3.8) is 0 Å². The molecule has 0 bridgehead atoms. The maximum absolute atomic E-state index is 12.0. The predicted molar refractivity (Wildman–Crippen MR) is 70.8 cm³/mol. The van der Waals surface area contributed by atoms with E-state index < -0.39 is 0 Å². The summed E-state index contributed by atoms with van der Waals surface area (Å²) < 4.78 is 0.821. The highest BCUT2D eigenvalue weighted by atomic mass is 79.9. The van der Waals surface area contributed by atoms with E-state index in [1.807, 2.05) is 36.1 Å². The number of carbonyl (C=O) groups is 1. The molecular formula is C13H15BrN2O. The topological polar surface area (TPSA) is 44.1 Å². The van der Waals surface area contributed by atoms with Crippen molar-refractivity contribution < 1.29 is 4.79 Å². The highest BCUT2D eigenvalue weighted by molar-refractivity contribution is 9.10. The van der Waals surface area contributed by atoms with Gasteiger partial charge in [-0.2, -0.15) is 5.26 Å². The van der Waals surface area contributed by atoms with E-state index in [1.54, 1.807) is 0 Å². The number of benzene rings is 1. The molecule has 1 aromatic rings. The lowest BCUT2D eigenvalue weighted by molar-refractivity contribution is 0.0934. The highest BCUT2D eigenvalue weighted by Gasteiger charge is 2.13. The zero-order valence-corrected chi connectivity index (χ0v) is 11.4. The van der Waals surface area contributed by atoms with E-state index in [1.165, 1.54) is 0 Å². The molecule has 0 N–H and O–H groups in total. The fourth-order valence-electron chi connectivity index (χ4n) is 1.53. The lowest BCUT2D eigenvalue weighted by Crippen LogP contribution is -2.30. The molecule has 0 spiro atoms. The van der Waals surface area contributed by atoms with Gasteiger partial charge in [0.25, 0.3) is 0 Å². The second kappa shape index (κ2) is 7.21. The van der Waals surface area contributed by atoms with E-state index in [0.29, 0.717) is 25.1 Å². The minimum Gasteiger partial charge on any atom is -0.295 e. The van der Waals surface area contributed by atoms with Crippen LogP contribution in [0.4, 0.5) is 0 Å². The van der Waals surface area contributed by atoms with Crippen molar-refractivity contribution in [2.75, 3.05) is 19.6 Å². The molecule has 0 fully saturated rings. The van der Waals surface area contributed by atoms with E-state index in [9.17, 15) is 4.79 Å². The Hall–Kier alpha value is -1.18. The van der Waals surface area contributed by atoms with Gasteiger partial charge in [0.2, 0.25) is 0 Å². The highest BCUT2D eigenvalue weighted by Crippen LogP contribution is 2.16. The Morgan fingerprint density at radius 1 is 1.47 bits per heavy atom. The summed E-state index contributed by atoms with van der Waals surface area (Å²) in [7, 11) is 0. The molecule has 0 aliphatic rings. The normalized spacial score (nSPS) is 10.2. The molecule has 0 saturated carbocycles. The molecule has 0 atom stereocenters. The van der Waals surface area contributed by atoms with Gasteiger partial charge in [-0.3, -0.25) is 9.69 Å². The van der Waals surface area contributed by atoms with Crippen molar-refractivity contribution in [3.05, 3.63) is 34.3 Å². The fourth-order valence-corrected chi connectivity index (χ4v) is 2.04. The van der Waals surface area contributed by atoms with E-state index in [-0.39, 0.29) is 5.78 Å². The average Bonchev–Trinajstić information content (AvgIpc) is 2.34. The van der Waals surface area contributed by atoms with Crippen LogP contribution in [0, 0.1) is 11.3 Å². The van der Waals surface area contributed by atoms with Gasteiger partial charge in [-0.05, 0) is 12.6 Å².